The van der Waals surface area contributed by atoms with E-state index in [1.165, 1.54) is 0 Å². The number of aromatic nitrogens is 2. The molecule has 1 aromatic rings. The minimum Gasteiger partial charge on any atom is -0.480 e. The van der Waals surface area contributed by atoms with Gasteiger partial charge in [0.05, 0.1) is 17.8 Å². The molecule has 110 valence electrons. The second-order valence-electron chi connectivity index (χ2n) is 4.89. The van der Waals surface area contributed by atoms with Gasteiger partial charge in [0.15, 0.2) is 0 Å². The Hall–Kier alpha value is -1.37. The van der Waals surface area contributed by atoms with Crippen LogP contribution >= 0.6 is 15.9 Å². The summed E-state index contributed by atoms with van der Waals surface area (Å²) >= 11 is 3.35. The zero-order valence-electron chi connectivity index (χ0n) is 11.7. The van der Waals surface area contributed by atoms with Gasteiger partial charge in [0, 0.05) is 26.6 Å². The maximum Gasteiger partial charge on any atom is 0.232 e. The molecule has 1 fully saturated rings. The van der Waals surface area contributed by atoms with Crippen molar-refractivity contribution in [2.75, 3.05) is 31.6 Å². The van der Waals surface area contributed by atoms with Gasteiger partial charge in [-0.25, -0.2) is 4.98 Å². The largest absolute Gasteiger partial charge is 0.480 e. The Morgan fingerprint density at radius 2 is 2.25 bits per heavy atom. The van der Waals surface area contributed by atoms with Gasteiger partial charge in [0.1, 0.15) is 0 Å². The molecule has 0 saturated carbocycles. The predicted molar refractivity (Wildman–Crippen MR) is 79.9 cm³/mol. The minimum absolute atomic E-state index is 0.0356. The number of ether oxygens (including phenoxy) is 1. The van der Waals surface area contributed by atoms with E-state index < -0.39 is 0 Å². The summed E-state index contributed by atoms with van der Waals surface area (Å²) in [4.78, 5) is 21.8. The van der Waals surface area contributed by atoms with Gasteiger partial charge < -0.3 is 15.0 Å². The maximum atomic E-state index is 10.9. The van der Waals surface area contributed by atoms with E-state index in [9.17, 15) is 4.79 Å². The molecule has 0 spiro atoms. The average molecular weight is 343 g/mol. The smallest absolute Gasteiger partial charge is 0.232 e. The molecular formula is C13H19BrN4O2. The van der Waals surface area contributed by atoms with E-state index >= 15 is 0 Å². The first-order valence-corrected chi connectivity index (χ1v) is 7.45. The molecule has 0 radical (unpaired) electrons. The summed E-state index contributed by atoms with van der Waals surface area (Å²) in [5.41, 5.74) is 0. The molecule has 1 aromatic heterocycles. The molecule has 1 aliphatic heterocycles. The summed E-state index contributed by atoms with van der Waals surface area (Å²) in [6.07, 6.45) is 3.77. The van der Waals surface area contributed by atoms with Crippen molar-refractivity contribution in [1.82, 2.24) is 15.3 Å². The number of anilines is 1. The number of carbonyl (C=O) groups is 1. The van der Waals surface area contributed by atoms with Crippen molar-refractivity contribution in [2.24, 2.45) is 5.92 Å². The Morgan fingerprint density at radius 3 is 2.85 bits per heavy atom. The summed E-state index contributed by atoms with van der Waals surface area (Å²) in [7, 11) is 1.59. The second kappa shape index (κ2) is 6.88. The summed E-state index contributed by atoms with van der Waals surface area (Å²) in [6, 6.07) is 0. The van der Waals surface area contributed by atoms with Crippen LogP contribution in [0.1, 0.15) is 19.8 Å². The Kier molecular flexibility index (Phi) is 5.17. The SMILES string of the molecule is COc1nc(N2CCC(CNC(C)=O)CC2)ncc1Br. The third-order valence-electron chi connectivity index (χ3n) is 3.43. The molecule has 7 heteroatoms. The van der Waals surface area contributed by atoms with E-state index in [-0.39, 0.29) is 5.91 Å². The van der Waals surface area contributed by atoms with Crippen molar-refractivity contribution in [1.29, 1.82) is 0 Å². The highest BCUT2D eigenvalue weighted by Crippen LogP contribution is 2.26. The molecule has 0 aromatic carbocycles. The van der Waals surface area contributed by atoms with Crippen LogP contribution in [0.15, 0.2) is 10.7 Å². The highest BCUT2D eigenvalue weighted by atomic mass is 79.9. The number of carbonyl (C=O) groups excluding carboxylic acids is 1. The number of hydrogen-bond donors (Lipinski definition) is 1. The lowest BCUT2D eigenvalue weighted by Gasteiger charge is -2.32. The van der Waals surface area contributed by atoms with E-state index in [4.69, 9.17) is 4.74 Å². The highest BCUT2D eigenvalue weighted by molar-refractivity contribution is 9.10. The fourth-order valence-corrected chi connectivity index (χ4v) is 2.62. The van der Waals surface area contributed by atoms with Crippen LogP contribution in [0.5, 0.6) is 5.88 Å². The molecule has 0 bridgehead atoms. The van der Waals surface area contributed by atoms with Gasteiger partial charge in [-0.2, -0.15) is 4.98 Å². The summed E-state index contributed by atoms with van der Waals surface area (Å²) < 4.78 is 5.94. The second-order valence-corrected chi connectivity index (χ2v) is 5.75. The molecule has 1 saturated heterocycles. The lowest BCUT2D eigenvalue weighted by Crippen LogP contribution is -2.39. The topological polar surface area (TPSA) is 67.3 Å². The fourth-order valence-electron chi connectivity index (χ4n) is 2.26. The number of rotatable bonds is 4. The van der Waals surface area contributed by atoms with Crippen LogP contribution in [0.3, 0.4) is 0 Å². The summed E-state index contributed by atoms with van der Waals surface area (Å²) in [6.45, 7) is 4.11. The summed E-state index contributed by atoms with van der Waals surface area (Å²) in [5.74, 6) is 1.82. The Bertz CT molecular complexity index is 475. The normalized spacial score (nSPS) is 16.1. The first-order valence-electron chi connectivity index (χ1n) is 6.66. The average Bonchev–Trinajstić information content (AvgIpc) is 2.46. The van der Waals surface area contributed by atoms with Crippen LogP contribution in [-0.2, 0) is 4.79 Å². The fraction of sp³-hybridized carbons (Fsp3) is 0.615. The van der Waals surface area contributed by atoms with Crippen molar-refractivity contribution in [3.8, 4) is 5.88 Å². The predicted octanol–water partition coefficient (Wildman–Crippen LogP) is 1.60. The van der Waals surface area contributed by atoms with Crippen molar-refractivity contribution in [2.45, 2.75) is 19.8 Å². The minimum atomic E-state index is 0.0356. The lowest BCUT2D eigenvalue weighted by molar-refractivity contribution is -0.119. The number of nitrogens with zero attached hydrogens (tertiary/aromatic N) is 3. The van der Waals surface area contributed by atoms with E-state index in [0.717, 1.165) is 36.9 Å². The molecule has 0 aliphatic carbocycles. The first kappa shape index (κ1) is 15.0. The standard InChI is InChI=1S/C13H19BrN4O2/c1-9(19)15-7-10-3-5-18(6-4-10)13-16-8-11(14)12(17-13)20-2/h8,10H,3-7H2,1-2H3,(H,15,19). The van der Waals surface area contributed by atoms with E-state index in [1.54, 1.807) is 20.2 Å². The molecule has 0 atom stereocenters. The van der Waals surface area contributed by atoms with Crippen LogP contribution in [0.4, 0.5) is 5.95 Å². The molecule has 1 N–H and O–H groups in total. The van der Waals surface area contributed by atoms with Crippen LogP contribution < -0.4 is 15.0 Å². The molecule has 2 rings (SSSR count). The Morgan fingerprint density at radius 1 is 1.55 bits per heavy atom. The van der Waals surface area contributed by atoms with Gasteiger partial charge in [-0.05, 0) is 34.7 Å². The van der Waals surface area contributed by atoms with Crippen LogP contribution in [0.2, 0.25) is 0 Å². The van der Waals surface area contributed by atoms with Gasteiger partial charge in [0.2, 0.25) is 17.7 Å². The van der Waals surface area contributed by atoms with Gasteiger partial charge in [-0.15, -0.1) is 0 Å². The molecular weight excluding hydrogens is 324 g/mol. The number of methoxy groups -OCH3 is 1. The number of hydrogen-bond acceptors (Lipinski definition) is 5. The van der Waals surface area contributed by atoms with Gasteiger partial charge in [-0.3, -0.25) is 4.79 Å². The van der Waals surface area contributed by atoms with Crippen LogP contribution in [0.25, 0.3) is 0 Å². The highest BCUT2D eigenvalue weighted by Gasteiger charge is 2.21. The van der Waals surface area contributed by atoms with E-state index in [0.29, 0.717) is 17.7 Å². The molecule has 0 unspecified atom stereocenters. The van der Waals surface area contributed by atoms with E-state index in [1.807, 2.05) is 0 Å². The Balaban J connectivity index is 1.91. The third kappa shape index (κ3) is 3.82. The molecule has 1 aliphatic rings. The zero-order valence-corrected chi connectivity index (χ0v) is 13.3. The summed E-state index contributed by atoms with van der Waals surface area (Å²) in [5, 5.41) is 2.88. The quantitative estimate of drug-likeness (QED) is 0.900. The number of nitrogens with one attached hydrogen (secondary N) is 1. The van der Waals surface area contributed by atoms with Gasteiger partial charge >= 0.3 is 0 Å². The first-order chi connectivity index (χ1) is 9.60. The van der Waals surface area contributed by atoms with Crippen LogP contribution in [-0.4, -0.2) is 42.6 Å². The zero-order chi connectivity index (χ0) is 14.5. The van der Waals surface area contributed by atoms with Crippen molar-refractivity contribution in [3.05, 3.63) is 10.7 Å². The molecule has 20 heavy (non-hydrogen) atoms. The number of piperidine rings is 1. The monoisotopic (exact) mass is 342 g/mol. The third-order valence-corrected chi connectivity index (χ3v) is 3.97. The lowest BCUT2D eigenvalue weighted by atomic mass is 9.97. The molecule has 6 nitrogen and oxygen atoms in total. The number of halogens is 1. The molecule has 2 heterocycles. The van der Waals surface area contributed by atoms with Crippen molar-refractivity contribution < 1.29 is 9.53 Å². The maximum absolute atomic E-state index is 10.9. The van der Waals surface area contributed by atoms with Crippen LogP contribution in [0, 0.1) is 5.92 Å². The van der Waals surface area contributed by atoms with Crippen molar-refractivity contribution in [3.63, 3.8) is 0 Å². The Labute approximate surface area is 127 Å². The van der Waals surface area contributed by atoms with Gasteiger partial charge in [0.25, 0.3) is 0 Å². The molecule has 1 amide bonds. The van der Waals surface area contributed by atoms with Gasteiger partial charge in [-0.1, -0.05) is 0 Å². The number of amides is 1. The van der Waals surface area contributed by atoms with E-state index in [2.05, 4.69) is 36.1 Å². The van der Waals surface area contributed by atoms with Crippen molar-refractivity contribution >= 4 is 27.8 Å².